The Kier molecular flexibility index (Phi) is 4.01. The van der Waals surface area contributed by atoms with Crippen molar-refractivity contribution in [2.24, 2.45) is 7.05 Å². The average molecular weight is 376 g/mol. The fourth-order valence-corrected chi connectivity index (χ4v) is 5.81. The van der Waals surface area contributed by atoms with Gasteiger partial charge in [0.05, 0.1) is 10.3 Å². The van der Waals surface area contributed by atoms with E-state index in [1.807, 2.05) is 18.8 Å². The zero-order valence-corrected chi connectivity index (χ0v) is 16.2. The molecule has 0 spiro atoms. The van der Waals surface area contributed by atoms with Gasteiger partial charge >= 0.3 is 0 Å². The van der Waals surface area contributed by atoms with Crippen LogP contribution in [0.4, 0.5) is 0 Å². The van der Waals surface area contributed by atoms with Crippen LogP contribution in [0.3, 0.4) is 0 Å². The number of tetrazole rings is 1. The quantitative estimate of drug-likeness (QED) is 0.527. The Hall–Kier alpha value is -2.60. The second kappa shape index (κ2) is 6.53. The zero-order chi connectivity index (χ0) is 18.4. The number of para-hydroxylation sites is 1. The molecule has 0 N–H and O–H groups in total. The Bertz CT molecular complexity index is 1100. The van der Waals surface area contributed by atoms with Gasteiger partial charge in [-0.05, 0) is 40.0 Å². The Morgan fingerprint density at radius 2 is 1.85 bits per heavy atom. The van der Waals surface area contributed by atoms with Crippen LogP contribution in [0, 0.1) is 0 Å². The van der Waals surface area contributed by atoms with Crippen molar-refractivity contribution in [3.05, 3.63) is 71.5 Å². The van der Waals surface area contributed by atoms with Gasteiger partial charge in [-0.3, -0.25) is 0 Å². The molecule has 27 heavy (non-hydrogen) atoms. The molecule has 0 fully saturated rings. The molecule has 3 heterocycles. The predicted octanol–water partition coefficient (Wildman–Crippen LogP) is 4.55. The van der Waals surface area contributed by atoms with Crippen molar-refractivity contribution in [1.82, 2.24) is 24.8 Å². The highest BCUT2D eigenvalue weighted by Gasteiger charge is 2.33. The number of thioether (sulfide) groups is 1. The summed E-state index contributed by atoms with van der Waals surface area (Å²) in [6.07, 6.45) is 1.05. The molecule has 0 radical (unpaired) electrons. The molecular formula is C21H21N5S. The van der Waals surface area contributed by atoms with E-state index in [4.69, 9.17) is 0 Å². The summed E-state index contributed by atoms with van der Waals surface area (Å²) in [5.74, 6) is 1.42. The highest BCUT2D eigenvalue weighted by molar-refractivity contribution is 7.99. The van der Waals surface area contributed by atoms with Crippen molar-refractivity contribution >= 4 is 22.7 Å². The van der Waals surface area contributed by atoms with E-state index in [1.165, 1.54) is 27.1 Å². The van der Waals surface area contributed by atoms with E-state index < -0.39 is 0 Å². The lowest BCUT2D eigenvalue weighted by Gasteiger charge is -2.27. The van der Waals surface area contributed by atoms with Crippen molar-refractivity contribution in [1.29, 1.82) is 0 Å². The smallest absolute Gasteiger partial charge is 0.164 e. The molecule has 1 aliphatic rings. The molecule has 2 aromatic carbocycles. The van der Waals surface area contributed by atoms with Gasteiger partial charge < -0.3 is 4.57 Å². The molecule has 5 nitrogen and oxygen atoms in total. The largest absolute Gasteiger partial charge is 0.331 e. The maximum atomic E-state index is 4.29. The fraction of sp³-hybridized carbons (Fsp3) is 0.286. The van der Waals surface area contributed by atoms with Gasteiger partial charge in [0.1, 0.15) is 0 Å². The van der Waals surface area contributed by atoms with Crippen molar-refractivity contribution in [3.8, 4) is 0 Å². The lowest BCUT2D eigenvalue weighted by Crippen LogP contribution is -2.14. The monoisotopic (exact) mass is 375 g/mol. The van der Waals surface area contributed by atoms with Gasteiger partial charge in [-0.25, -0.2) is 4.68 Å². The minimum absolute atomic E-state index is 0.270. The van der Waals surface area contributed by atoms with Gasteiger partial charge in [0.2, 0.25) is 0 Å². The van der Waals surface area contributed by atoms with Crippen LogP contribution >= 0.6 is 11.8 Å². The van der Waals surface area contributed by atoms with Gasteiger partial charge in [-0.1, -0.05) is 67.2 Å². The summed E-state index contributed by atoms with van der Waals surface area (Å²) in [6, 6.07) is 19.5. The summed E-state index contributed by atoms with van der Waals surface area (Å²) in [4.78, 5) is 0. The predicted molar refractivity (Wildman–Crippen MR) is 108 cm³/mol. The number of hydrogen-bond donors (Lipinski definition) is 0. The van der Waals surface area contributed by atoms with E-state index >= 15 is 0 Å². The Labute approximate surface area is 162 Å². The van der Waals surface area contributed by atoms with Crippen LogP contribution in [-0.2, 0) is 13.6 Å². The van der Waals surface area contributed by atoms with Crippen molar-refractivity contribution in [2.45, 2.75) is 36.1 Å². The van der Waals surface area contributed by atoms with E-state index in [0.29, 0.717) is 5.92 Å². The fourth-order valence-electron chi connectivity index (χ4n) is 4.12. The molecule has 0 bridgehead atoms. The van der Waals surface area contributed by atoms with Crippen LogP contribution in [-0.4, -0.2) is 24.8 Å². The molecule has 1 aliphatic heterocycles. The van der Waals surface area contributed by atoms with Crippen LogP contribution in [0.1, 0.15) is 41.5 Å². The molecule has 5 rings (SSSR count). The topological polar surface area (TPSA) is 48.5 Å². The van der Waals surface area contributed by atoms with Gasteiger partial charge in [0, 0.05) is 24.5 Å². The number of fused-ring (bicyclic) bond motifs is 3. The Morgan fingerprint density at radius 3 is 2.63 bits per heavy atom. The zero-order valence-electron chi connectivity index (χ0n) is 15.4. The lowest BCUT2D eigenvalue weighted by molar-refractivity contribution is 0.582. The third-order valence-corrected chi connectivity index (χ3v) is 6.75. The van der Waals surface area contributed by atoms with Gasteiger partial charge in [-0.2, -0.15) is 0 Å². The molecule has 0 aliphatic carbocycles. The standard InChI is InChI=1S/C21H21N5S/c1-14-12-18(20-22-23-24-25(20)2)27-21-19(14)16-10-6-7-11-17(16)26(21)13-15-8-4-3-5-9-15/h3-11,14,18H,12-13H2,1-2H3. The molecule has 0 saturated heterocycles. The first-order valence-corrected chi connectivity index (χ1v) is 10.1. The van der Waals surface area contributed by atoms with Crippen LogP contribution in [0.25, 0.3) is 10.9 Å². The first kappa shape index (κ1) is 16.6. The summed E-state index contributed by atoms with van der Waals surface area (Å²) in [6.45, 7) is 3.20. The third-order valence-electron chi connectivity index (χ3n) is 5.40. The first-order chi connectivity index (χ1) is 13.2. The number of aryl methyl sites for hydroxylation is 1. The highest BCUT2D eigenvalue weighted by Crippen LogP contribution is 2.52. The second-order valence-corrected chi connectivity index (χ2v) is 8.40. The molecule has 2 aromatic heterocycles. The van der Waals surface area contributed by atoms with Crippen molar-refractivity contribution in [2.75, 3.05) is 0 Å². The number of benzene rings is 2. The molecule has 2 atom stereocenters. The van der Waals surface area contributed by atoms with E-state index in [1.54, 1.807) is 4.68 Å². The summed E-state index contributed by atoms with van der Waals surface area (Å²) in [5, 5.41) is 15.2. The molecule has 0 saturated carbocycles. The van der Waals surface area contributed by atoms with Crippen molar-refractivity contribution < 1.29 is 0 Å². The molecular weight excluding hydrogens is 354 g/mol. The minimum Gasteiger partial charge on any atom is -0.331 e. The van der Waals surface area contributed by atoms with Crippen LogP contribution in [0.2, 0.25) is 0 Å². The molecule has 0 amide bonds. The molecule has 6 heteroatoms. The first-order valence-electron chi connectivity index (χ1n) is 9.26. The maximum Gasteiger partial charge on any atom is 0.164 e. The average Bonchev–Trinajstić information content (AvgIpc) is 3.25. The lowest BCUT2D eigenvalue weighted by atomic mass is 9.95. The minimum atomic E-state index is 0.270. The number of aromatic nitrogens is 5. The van der Waals surface area contributed by atoms with Gasteiger partial charge in [0.15, 0.2) is 5.82 Å². The van der Waals surface area contributed by atoms with Crippen LogP contribution in [0.5, 0.6) is 0 Å². The Balaban J connectivity index is 1.66. The number of rotatable bonds is 3. The number of nitrogens with zero attached hydrogens (tertiary/aromatic N) is 5. The van der Waals surface area contributed by atoms with Gasteiger partial charge in [-0.15, -0.1) is 5.10 Å². The van der Waals surface area contributed by atoms with E-state index in [-0.39, 0.29) is 5.25 Å². The number of hydrogen-bond acceptors (Lipinski definition) is 4. The molecule has 136 valence electrons. The summed E-state index contributed by atoms with van der Waals surface area (Å²) in [5.41, 5.74) is 4.09. The molecule has 4 aromatic rings. The second-order valence-electron chi connectivity index (χ2n) is 7.21. The summed E-state index contributed by atoms with van der Waals surface area (Å²) >= 11 is 1.90. The molecule has 2 unspecified atom stereocenters. The van der Waals surface area contributed by atoms with Crippen LogP contribution < -0.4 is 0 Å². The van der Waals surface area contributed by atoms with E-state index in [0.717, 1.165) is 18.8 Å². The summed E-state index contributed by atoms with van der Waals surface area (Å²) in [7, 11) is 1.93. The highest BCUT2D eigenvalue weighted by atomic mass is 32.2. The van der Waals surface area contributed by atoms with E-state index in [2.05, 4.69) is 81.6 Å². The summed E-state index contributed by atoms with van der Waals surface area (Å²) < 4.78 is 4.27. The maximum absolute atomic E-state index is 4.29. The van der Waals surface area contributed by atoms with Crippen LogP contribution in [0.15, 0.2) is 59.6 Å². The van der Waals surface area contributed by atoms with E-state index in [9.17, 15) is 0 Å². The Morgan fingerprint density at radius 1 is 1.07 bits per heavy atom. The SMILES string of the molecule is CC1CC(c2nnnn2C)Sc2c1c1ccccc1n2Cc1ccccc1. The van der Waals surface area contributed by atoms with Crippen molar-refractivity contribution in [3.63, 3.8) is 0 Å². The van der Waals surface area contributed by atoms with Gasteiger partial charge in [0.25, 0.3) is 0 Å². The third kappa shape index (κ3) is 2.75. The normalized spacial score (nSPS) is 19.3.